The van der Waals surface area contributed by atoms with Crippen molar-refractivity contribution in [1.82, 2.24) is 0 Å². The Hall–Kier alpha value is -1.96. The first-order chi connectivity index (χ1) is 9.42. The maximum absolute atomic E-state index is 4.23. The predicted molar refractivity (Wildman–Crippen MR) is 78.1 cm³/mol. The zero-order valence-corrected chi connectivity index (χ0v) is 11.9. The van der Waals surface area contributed by atoms with Crippen LogP contribution in [0.2, 0.25) is 0 Å². The number of hydrogen-bond donors (Lipinski definition) is 0. The van der Waals surface area contributed by atoms with Crippen molar-refractivity contribution in [2.75, 3.05) is 0 Å². The standard InChI is InChI=1S/C17H14N2.Fe/c1-2-8-16(9-3-1)18-19-17-12-10-15(11-13-17)14-6-4-5-7-14;/h1-14H;. The second-order valence-corrected chi connectivity index (χ2v) is 4.42. The zero-order valence-electron chi connectivity index (χ0n) is 10.8. The monoisotopic (exact) mass is 302 g/mol. The second-order valence-electron chi connectivity index (χ2n) is 4.42. The van der Waals surface area contributed by atoms with Gasteiger partial charge in [0, 0.05) is 23.0 Å². The van der Waals surface area contributed by atoms with Gasteiger partial charge in [-0.05, 0) is 29.8 Å². The summed E-state index contributed by atoms with van der Waals surface area (Å²) in [6.45, 7) is 0. The Balaban J connectivity index is 0.00000147. The van der Waals surface area contributed by atoms with E-state index in [4.69, 9.17) is 0 Å². The quantitative estimate of drug-likeness (QED) is 0.542. The molecule has 0 saturated heterocycles. The Morgan fingerprint density at radius 2 is 1.20 bits per heavy atom. The summed E-state index contributed by atoms with van der Waals surface area (Å²) in [6, 6.07) is 18.0. The molecule has 2 aromatic rings. The fourth-order valence-corrected chi connectivity index (χ4v) is 2.03. The Morgan fingerprint density at radius 1 is 0.650 bits per heavy atom. The molecule has 1 aliphatic carbocycles. The van der Waals surface area contributed by atoms with Gasteiger partial charge in [0.2, 0.25) is 0 Å². The minimum atomic E-state index is 0. The molecular formula is C17H14FeN2. The Kier molecular flexibility index (Phi) is 5.05. The van der Waals surface area contributed by atoms with Crippen LogP contribution in [0.1, 0.15) is 11.5 Å². The molecule has 0 atom stereocenters. The van der Waals surface area contributed by atoms with Gasteiger partial charge in [0.05, 0.1) is 11.4 Å². The van der Waals surface area contributed by atoms with Gasteiger partial charge in [-0.2, -0.15) is 10.2 Å². The van der Waals surface area contributed by atoms with Crippen molar-refractivity contribution in [3.63, 3.8) is 0 Å². The van der Waals surface area contributed by atoms with Gasteiger partial charge in [0.25, 0.3) is 0 Å². The van der Waals surface area contributed by atoms with Crippen molar-refractivity contribution < 1.29 is 17.1 Å². The van der Waals surface area contributed by atoms with Gasteiger partial charge in [0.15, 0.2) is 0 Å². The van der Waals surface area contributed by atoms with E-state index in [1.165, 1.54) is 5.56 Å². The van der Waals surface area contributed by atoms with Crippen LogP contribution >= 0.6 is 0 Å². The summed E-state index contributed by atoms with van der Waals surface area (Å²) in [5.41, 5.74) is 3.02. The zero-order chi connectivity index (χ0) is 12.9. The average Bonchev–Trinajstić information content (AvgIpc) is 3.01. The molecule has 2 aromatic carbocycles. The molecule has 0 radical (unpaired) electrons. The minimum absolute atomic E-state index is 0. The Morgan fingerprint density at radius 3 is 1.80 bits per heavy atom. The predicted octanol–water partition coefficient (Wildman–Crippen LogP) is 5.31. The molecule has 0 unspecified atom stereocenters. The molecule has 0 saturated carbocycles. The van der Waals surface area contributed by atoms with Crippen molar-refractivity contribution in [1.29, 1.82) is 0 Å². The van der Waals surface area contributed by atoms with Crippen LogP contribution in [0.25, 0.3) is 0 Å². The molecule has 2 nitrogen and oxygen atoms in total. The van der Waals surface area contributed by atoms with Crippen LogP contribution in [0.3, 0.4) is 0 Å². The summed E-state index contributed by atoms with van der Waals surface area (Å²) in [4.78, 5) is 0. The van der Waals surface area contributed by atoms with Crippen LogP contribution in [-0.2, 0) is 17.1 Å². The fraction of sp³-hybridized carbons (Fsp3) is 0.0588. The van der Waals surface area contributed by atoms with Crippen LogP contribution in [0.15, 0.2) is 89.1 Å². The second kappa shape index (κ2) is 6.99. The Labute approximate surface area is 129 Å². The van der Waals surface area contributed by atoms with Gasteiger partial charge in [0.1, 0.15) is 0 Å². The van der Waals surface area contributed by atoms with Crippen molar-refractivity contribution in [3.05, 3.63) is 84.5 Å². The van der Waals surface area contributed by atoms with Crippen LogP contribution < -0.4 is 0 Å². The van der Waals surface area contributed by atoms with E-state index in [-0.39, 0.29) is 17.1 Å². The SMILES string of the molecule is C1=CC(c2ccc(N=Nc3ccccc3)cc2)C=C1.[Fe]. The van der Waals surface area contributed by atoms with Crippen LogP contribution in [-0.4, -0.2) is 0 Å². The molecule has 0 heterocycles. The normalized spacial score (nSPS) is 13.8. The first-order valence-electron chi connectivity index (χ1n) is 6.33. The molecule has 3 rings (SSSR count). The molecule has 0 bridgehead atoms. The summed E-state index contributed by atoms with van der Waals surface area (Å²) in [6.07, 6.45) is 8.52. The van der Waals surface area contributed by atoms with Gasteiger partial charge in [-0.15, -0.1) is 0 Å². The minimum Gasteiger partial charge on any atom is -0.151 e. The van der Waals surface area contributed by atoms with Crippen LogP contribution in [0.4, 0.5) is 11.4 Å². The summed E-state index contributed by atoms with van der Waals surface area (Å²) in [7, 11) is 0. The molecule has 20 heavy (non-hydrogen) atoms. The van der Waals surface area contributed by atoms with Crippen molar-refractivity contribution >= 4 is 11.4 Å². The van der Waals surface area contributed by atoms with Crippen LogP contribution in [0.5, 0.6) is 0 Å². The molecule has 1 aliphatic rings. The van der Waals surface area contributed by atoms with Gasteiger partial charge < -0.3 is 0 Å². The molecule has 0 aromatic heterocycles. The van der Waals surface area contributed by atoms with E-state index in [1.807, 2.05) is 42.5 Å². The smallest absolute Gasteiger partial charge is 0.0857 e. The molecule has 0 amide bonds. The number of benzene rings is 2. The third-order valence-electron chi connectivity index (χ3n) is 3.06. The van der Waals surface area contributed by atoms with E-state index < -0.39 is 0 Å². The Bertz CT molecular complexity index is 616. The summed E-state index contributed by atoms with van der Waals surface area (Å²) >= 11 is 0. The molecule has 100 valence electrons. The molecule has 0 aliphatic heterocycles. The van der Waals surface area contributed by atoms with Crippen molar-refractivity contribution in [2.24, 2.45) is 10.2 Å². The van der Waals surface area contributed by atoms with Crippen LogP contribution in [0, 0.1) is 0 Å². The summed E-state index contributed by atoms with van der Waals surface area (Å²) in [5, 5.41) is 8.43. The molecular weight excluding hydrogens is 288 g/mol. The third kappa shape index (κ3) is 3.53. The first-order valence-corrected chi connectivity index (χ1v) is 6.33. The molecule has 0 spiro atoms. The van der Waals surface area contributed by atoms with E-state index in [9.17, 15) is 0 Å². The van der Waals surface area contributed by atoms with E-state index in [0.29, 0.717) is 5.92 Å². The summed E-state index contributed by atoms with van der Waals surface area (Å²) < 4.78 is 0. The number of hydrogen-bond acceptors (Lipinski definition) is 2. The van der Waals surface area contributed by atoms with Crippen molar-refractivity contribution in [3.8, 4) is 0 Å². The van der Waals surface area contributed by atoms with E-state index >= 15 is 0 Å². The van der Waals surface area contributed by atoms with E-state index in [0.717, 1.165) is 11.4 Å². The first kappa shape index (κ1) is 14.4. The maximum atomic E-state index is 4.23. The fourth-order valence-electron chi connectivity index (χ4n) is 2.03. The molecule has 0 fully saturated rings. The van der Waals surface area contributed by atoms with Crippen molar-refractivity contribution in [2.45, 2.75) is 5.92 Å². The van der Waals surface area contributed by atoms with Gasteiger partial charge >= 0.3 is 0 Å². The largest absolute Gasteiger partial charge is 0.151 e. The molecule has 0 N–H and O–H groups in total. The average molecular weight is 302 g/mol. The number of allylic oxidation sites excluding steroid dienone is 4. The van der Waals surface area contributed by atoms with E-state index in [1.54, 1.807) is 0 Å². The number of nitrogens with zero attached hydrogens (tertiary/aromatic N) is 2. The number of rotatable bonds is 3. The van der Waals surface area contributed by atoms with Gasteiger partial charge in [-0.1, -0.05) is 54.6 Å². The molecule has 3 heteroatoms. The number of azo groups is 1. The summed E-state index contributed by atoms with van der Waals surface area (Å²) in [5.74, 6) is 0.403. The topological polar surface area (TPSA) is 24.7 Å². The third-order valence-corrected chi connectivity index (χ3v) is 3.06. The van der Waals surface area contributed by atoms with E-state index in [2.05, 4.69) is 46.7 Å². The van der Waals surface area contributed by atoms with Gasteiger partial charge in [-0.3, -0.25) is 0 Å². The van der Waals surface area contributed by atoms with Gasteiger partial charge in [-0.25, -0.2) is 0 Å². The maximum Gasteiger partial charge on any atom is 0.0857 e.